The molecule has 0 bridgehead atoms. The number of rotatable bonds is 7. The molecule has 1 heterocycles. The minimum Gasteiger partial charge on any atom is -0.480 e. The highest BCUT2D eigenvalue weighted by atomic mass is 16.6. The molecular weight excluding hydrogens is 336 g/mol. The van der Waals surface area contributed by atoms with Crippen molar-refractivity contribution in [2.45, 2.75) is 83.8 Å². The summed E-state index contributed by atoms with van der Waals surface area (Å²) in [4.78, 5) is 40.3. The molecule has 4 unspecified atom stereocenters. The second kappa shape index (κ2) is 9.24. The van der Waals surface area contributed by atoms with Crippen LogP contribution in [0.4, 0.5) is 4.79 Å². The van der Waals surface area contributed by atoms with Crippen LogP contribution in [0.15, 0.2) is 0 Å². The van der Waals surface area contributed by atoms with Crippen LogP contribution in [-0.2, 0) is 14.3 Å². The second-order valence-corrected chi connectivity index (χ2v) is 7.37. The van der Waals surface area contributed by atoms with Crippen molar-refractivity contribution in [1.82, 2.24) is 9.80 Å². The fourth-order valence-electron chi connectivity index (χ4n) is 4.32. The van der Waals surface area contributed by atoms with Crippen LogP contribution in [0, 0.1) is 5.92 Å². The Balaban J connectivity index is 2.21. The predicted octanol–water partition coefficient (Wildman–Crippen LogP) is 2.88. The molecular formula is C19H32N2O5. The smallest absolute Gasteiger partial charge is 0.410 e. The van der Waals surface area contributed by atoms with Crippen LogP contribution < -0.4 is 0 Å². The number of carboxylic acids is 1. The molecule has 0 spiro atoms. The van der Waals surface area contributed by atoms with Gasteiger partial charge in [0.05, 0.1) is 6.61 Å². The summed E-state index contributed by atoms with van der Waals surface area (Å²) in [6.45, 7) is 6.11. The molecule has 0 aromatic rings. The first-order valence-electron chi connectivity index (χ1n) is 9.90. The SMILES string of the molecule is CCCCN(C(=O)OCC)C(C)C(=O)N1C(C(=O)O)CC2CCCCC21. The highest BCUT2D eigenvalue weighted by Crippen LogP contribution is 2.40. The van der Waals surface area contributed by atoms with Gasteiger partial charge >= 0.3 is 12.1 Å². The summed E-state index contributed by atoms with van der Waals surface area (Å²) in [5, 5.41) is 9.64. The summed E-state index contributed by atoms with van der Waals surface area (Å²) in [5.74, 6) is -0.958. The van der Waals surface area contributed by atoms with Gasteiger partial charge in [-0.1, -0.05) is 26.2 Å². The normalized spacial score (nSPS) is 26.1. The number of aliphatic carboxylic acids is 1. The fourth-order valence-corrected chi connectivity index (χ4v) is 4.32. The Morgan fingerprint density at radius 3 is 2.54 bits per heavy atom. The number of amides is 2. The van der Waals surface area contributed by atoms with E-state index in [0.717, 1.165) is 38.5 Å². The van der Waals surface area contributed by atoms with E-state index >= 15 is 0 Å². The van der Waals surface area contributed by atoms with Gasteiger partial charge in [-0.25, -0.2) is 9.59 Å². The molecule has 1 saturated heterocycles. The van der Waals surface area contributed by atoms with Crippen molar-refractivity contribution in [2.75, 3.05) is 13.2 Å². The van der Waals surface area contributed by atoms with Crippen LogP contribution >= 0.6 is 0 Å². The Labute approximate surface area is 155 Å². The van der Waals surface area contributed by atoms with Gasteiger partial charge in [0.1, 0.15) is 12.1 Å². The van der Waals surface area contributed by atoms with Crippen molar-refractivity contribution in [2.24, 2.45) is 5.92 Å². The van der Waals surface area contributed by atoms with E-state index in [9.17, 15) is 19.5 Å². The van der Waals surface area contributed by atoms with E-state index in [2.05, 4.69) is 0 Å². The number of carbonyl (C=O) groups excluding carboxylic acids is 2. The number of carboxylic acid groups (broad SMARTS) is 1. The molecule has 0 aromatic carbocycles. The Kier molecular flexibility index (Phi) is 7.29. The lowest BCUT2D eigenvalue weighted by atomic mass is 9.84. The quantitative estimate of drug-likeness (QED) is 0.746. The lowest BCUT2D eigenvalue weighted by molar-refractivity contribution is -0.152. The van der Waals surface area contributed by atoms with Gasteiger partial charge in [0.2, 0.25) is 5.91 Å². The molecule has 4 atom stereocenters. The van der Waals surface area contributed by atoms with Crippen molar-refractivity contribution in [1.29, 1.82) is 0 Å². The monoisotopic (exact) mass is 368 g/mol. The van der Waals surface area contributed by atoms with E-state index in [0.29, 0.717) is 13.0 Å². The van der Waals surface area contributed by atoms with Gasteiger partial charge in [0, 0.05) is 12.6 Å². The first kappa shape index (κ1) is 20.5. The van der Waals surface area contributed by atoms with Crippen LogP contribution in [0.1, 0.15) is 65.7 Å². The number of hydrogen-bond acceptors (Lipinski definition) is 4. The average Bonchev–Trinajstić information content (AvgIpc) is 3.01. The summed E-state index contributed by atoms with van der Waals surface area (Å²) in [7, 11) is 0. The van der Waals surface area contributed by atoms with E-state index in [1.165, 1.54) is 4.90 Å². The number of hydrogen-bond donors (Lipinski definition) is 1. The van der Waals surface area contributed by atoms with Gasteiger partial charge in [-0.2, -0.15) is 0 Å². The lowest BCUT2D eigenvalue weighted by Gasteiger charge is -2.37. The van der Waals surface area contributed by atoms with Gasteiger partial charge < -0.3 is 14.7 Å². The van der Waals surface area contributed by atoms with E-state index in [-0.39, 0.29) is 24.5 Å². The van der Waals surface area contributed by atoms with E-state index < -0.39 is 24.1 Å². The Morgan fingerprint density at radius 2 is 1.92 bits per heavy atom. The number of nitrogens with zero attached hydrogens (tertiary/aromatic N) is 2. The van der Waals surface area contributed by atoms with Crippen molar-refractivity contribution >= 4 is 18.0 Å². The molecule has 7 heteroatoms. The van der Waals surface area contributed by atoms with Gasteiger partial charge in [0.15, 0.2) is 0 Å². The van der Waals surface area contributed by atoms with Crippen LogP contribution in [0.5, 0.6) is 0 Å². The molecule has 2 aliphatic rings. The molecule has 1 aliphatic carbocycles. The molecule has 2 rings (SSSR count). The van der Waals surface area contributed by atoms with Crippen LogP contribution in [0.3, 0.4) is 0 Å². The van der Waals surface area contributed by atoms with Gasteiger partial charge in [0.25, 0.3) is 0 Å². The fraction of sp³-hybridized carbons (Fsp3) is 0.842. The molecule has 2 fully saturated rings. The van der Waals surface area contributed by atoms with Crippen LogP contribution in [0.2, 0.25) is 0 Å². The molecule has 0 radical (unpaired) electrons. The first-order valence-corrected chi connectivity index (χ1v) is 9.90. The van der Waals surface area contributed by atoms with Crippen molar-refractivity contribution in [3.8, 4) is 0 Å². The average molecular weight is 368 g/mol. The topological polar surface area (TPSA) is 87.2 Å². The number of likely N-dealkylation sites (tertiary alicyclic amines) is 1. The molecule has 1 saturated carbocycles. The largest absolute Gasteiger partial charge is 0.480 e. The van der Waals surface area contributed by atoms with Crippen LogP contribution in [-0.4, -0.2) is 64.2 Å². The zero-order chi connectivity index (χ0) is 19.3. The first-order chi connectivity index (χ1) is 12.4. The molecule has 1 aliphatic heterocycles. The maximum absolute atomic E-state index is 13.2. The van der Waals surface area contributed by atoms with Crippen molar-refractivity contribution in [3.05, 3.63) is 0 Å². The third-order valence-corrected chi connectivity index (χ3v) is 5.71. The van der Waals surface area contributed by atoms with E-state index in [1.54, 1.807) is 18.7 Å². The highest BCUT2D eigenvalue weighted by Gasteiger charge is 2.49. The Morgan fingerprint density at radius 1 is 1.23 bits per heavy atom. The lowest BCUT2D eigenvalue weighted by Crippen LogP contribution is -2.55. The molecule has 7 nitrogen and oxygen atoms in total. The summed E-state index contributed by atoms with van der Waals surface area (Å²) in [6.07, 6.45) is 5.61. The standard InChI is InChI=1S/C19H32N2O5/c1-4-6-11-20(19(25)26-5-2)13(3)17(22)21-15-10-8-7-9-14(15)12-16(21)18(23)24/h13-16H,4-12H2,1-3H3,(H,23,24). The second-order valence-electron chi connectivity index (χ2n) is 7.37. The third-order valence-electron chi connectivity index (χ3n) is 5.71. The zero-order valence-corrected chi connectivity index (χ0v) is 16.1. The maximum atomic E-state index is 13.2. The number of ether oxygens (including phenoxy) is 1. The molecule has 1 N–H and O–H groups in total. The maximum Gasteiger partial charge on any atom is 0.410 e. The van der Waals surface area contributed by atoms with E-state index in [4.69, 9.17) is 4.74 Å². The predicted molar refractivity (Wildman–Crippen MR) is 96.7 cm³/mol. The van der Waals surface area contributed by atoms with Crippen LogP contribution in [0.25, 0.3) is 0 Å². The highest BCUT2D eigenvalue weighted by molar-refractivity contribution is 5.90. The summed E-state index contributed by atoms with van der Waals surface area (Å²) in [5.41, 5.74) is 0. The van der Waals surface area contributed by atoms with Crippen molar-refractivity contribution in [3.63, 3.8) is 0 Å². The molecule has 26 heavy (non-hydrogen) atoms. The molecule has 148 valence electrons. The number of fused-ring (bicyclic) bond motifs is 1. The van der Waals surface area contributed by atoms with Crippen molar-refractivity contribution < 1.29 is 24.2 Å². The zero-order valence-electron chi connectivity index (χ0n) is 16.1. The number of carbonyl (C=O) groups is 3. The molecule has 0 aromatic heterocycles. The minimum absolute atomic E-state index is 0.0185. The Bertz CT molecular complexity index is 524. The summed E-state index contributed by atoms with van der Waals surface area (Å²) < 4.78 is 5.12. The molecule has 2 amide bonds. The summed E-state index contributed by atoms with van der Waals surface area (Å²) in [6, 6.07) is -1.52. The number of unbranched alkanes of at least 4 members (excludes halogenated alkanes) is 1. The van der Waals surface area contributed by atoms with Gasteiger partial charge in [-0.15, -0.1) is 0 Å². The van der Waals surface area contributed by atoms with E-state index in [1.807, 2.05) is 6.92 Å². The van der Waals surface area contributed by atoms with Gasteiger partial charge in [-0.3, -0.25) is 9.69 Å². The third kappa shape index (κ3) is 4.30. The minimum atomic E-state index is -0.948. The summed E-state index contributed by atoms with van der Waals surface area (Å²) >= 11 is 0. The van der Waals surface area contributed by atoms with Gasteiger partial charge in [-0.05, 0) is 45.4 Å². The Hall–Kier alpha value is -1.79.